The van der Waals surface area contributed by atoms with Gasteiger partial charge in [0.25, 0.3) is 0 Å². The molecular formula is C22H34O6. The van der Waals surface area contributed by atoms with Gasteiger partial charge in [-0.15, -0.1) is 0 Å². The summed E-state index contributed by atoms with van der Waals surface area (Å²) >= 11 is 0. The smallest absolute Gasteiger partial charge is 0.313 e. The Morgan fingerprint density at radius 1 is 1.11 bits per heavy atom. The summed E-state index contributed by atoms with van der Waals surface area (Å²) < 4.78 is 5.29. The Bertz CT molecular complexity index is 678. The molecule has 1 spiro atoms. The van der Waals surface area contributed by atoms with Crippen molar-refractivity contribution in [2.45, 2.75) is 77.2 Å². The number of carboxylic acid groups (broad SMARTS) is 1. The summed E-state index contributed by atoms with van der Waals surface area (Å²) in [6.07, 6.45) is 7.51. The van der Waals surface area contributed by atoms with Gasteiger partial charge in [0, 0.05) is 6.92 Å². The number of carboxylic acids is 1. The van der Waals surface area contributed by atoms with Gasteiger partial charge in [-0.2, -0.15) is 0 Å². The third-order valence-corrected chi connectivity index (χ3v) is 9.38. The molecule has 158 valence electrons. The molecule has 0 aromatic carbocycles. The summed E-state index contributed by atoms with van der Waals surface area (Å²) in [6.45, 7) is 3.37. The van der Waals surface area contributed by atoms with Crippen molar-refractivity contribution in [3.63, 3.8) is 0 Å². The zero-order valence-electron chi connectivity index (χ0n) is 17.1. The highest BCUT2D eigenvalue weighted by Crippen LogP contribution is 2.72. The number of aliphatic hydroxyl groups is 2. The fraction of sp³-hybridized carbons (Fsp3) is 0.909. The van der Waals surface area contributed by atoms with Gasteiger partial charge in [-0.3, -0.25) is 9.59 Å². The zero-order chi connectivity index (χ0) is 20.4. The summed E-state index contributed by atoms with van der Waals surface area (Å²) in [5.41, 5.74) is -2.12. The lowest BCUT2D eigenvalue weighted by Crippen LogP contribution is -2.60. The summed E-state index contributed by atoms with van der Waals surface area (Å²) in [4.78, 5) is 23.9. The van der Waals surface area contributed by atoms with Crippen molar-refractivity contribution in [2.24, 2.45) is 34.0 Å². The Balaban J connectivity index is 1.70. The number of aliphatic hydroxyl groups excluding tert-OH is 1. The summed E-state index contributed by atoms with van der Waals surface area (Å²) in [6, 6.07) is 0. The first kappa shape index (κ1) is 20.1. The number of hydrogen-bond acceptors (Lipinski definition) is 5. The van der Waals surface area contributed by atoms with Gasteiger partial charge in [0.05, 0.1) is 12.2 Å². The lowest BCUT2D eigenvalue weighted by molar-refractivity contribution is -0.196. The van der Waals surface area contributed by atoms with Crippen LogP contribution in [-0.2, 0) is 14.3 Å². The SMILES string of the molecule is CC(=O)OC[C@@]1(C(=O)O)CCC[C@@]2(C)[C@@H]3CC[C@@H]4C[C@@]3(CC[C@H]12)C[C@@]4(O)CO. The van der Waals surface area contributed by atoms with E-state index in [2.05, 4.69) is 6.92 Å². The van der Waals surface area contributed by atoms with Gasteiger partial charge in [0.2, 0.25) is 0 Å². The maximum absolute atomic E-state index is 12.5. The quantitative estimate of drug-likeness (QED) is 0.634. The van der Waals surface area contributed by atoms with Gasteiger partial charge >= 0.3 is 11.9 Å². The number of aliphatic carboxylic acids is 1. The second-order valence-corrected chi connectivity index (χ2v) is 10.5. The van der Waals surface area contributed by atoms with Crippen LogP contribution in [0.5, 0.6) is 0 Å². The first-order valence-corrected chi connectivity index (χ1v) is 10.8. The standard InChI is InChI=1S/C22H34O6/c1-14(24)28-13-21(18(25)26)8-3-7-19(2)16-5-4-15-10-20(16,9-6-17(19)21)11-22(15,27)12-23/h15-17,23,27H,3-13H2,1-2H3,(H,25,26)/t15-,16+,17+,19+,20+,21+,22-/m1/s1. The molecule has 0 aromatic heterocycles. The molecule has 28 heavy (non-hydrogen) atoms. The molecule has 6 heteroatoms. The fourth-order valence-electron chi connectivity index (χ4n) is 8.34. The van der Waals surface area contributed by atoms with Crippen molar-refractivity contribution in [3.05, 3.63) is 0 Å². The number of ether oxygens (including phenoxy) is 1. The molecule has 6 nitrogen and oxygen atoms in total. The molecule has 4 aliphatic rings. The highest BCUT2D eigenvalue weighted by molar-refractivity contribution is 5.76. The first-order chi connectivity index (χ1) is 13.1. The minimum absolute atomic E-state index is 0.00859. The largest absolute Gasteiger partial charge is 0.481 e. The number of carbonyl (C=O) groups is 2. The maximum atomic E-state index is 12.5. The minimum Gasteiger partial charge on any atom is -0.481 e. The molecular weight excluding hydrogens is 360 g/mol. The Hall–Kier alpha value is -1.14. The van der Waals surface area contributed by atoms with E-state index in [-0.39, 0.29) is 35.9 Å². The zero-order valence-corrected chi connectivity index (χ0v) is 17.1. The van der Waals surface area contributed by atoms with Gasteiger partial charge in [-0.25, -0.2) is 0 Å². The summed E-state index contributed by atoms with van der Waals surface area (Å²) in [5, 5.41) is 31.1. The highest BCUT2D eigenvalue weighted by Gasteiger charge is 2.69. The molecule has 0 amide bonds. The molecule has 3 N–H and O–H groups in total. The average Bonchev–Trinajstić information content (AvgIpc) is 2.85. The molecule has 0 aromatic rings. The molecule has 0 radical (unpaired) electrons. The van der Waals surface area contributed by atoms with E-state index >= 15 is 0 Å². The van der Waals surface area contributed by atoms with Crippen LogP contribution in [0.2, 0.25) is 0 Å². The van der Waals surface area contributed by atoms with Crippen molar-refractivity contribution >= 4 is 11.9 Å². The number of hydrogen-bond donors (Lipinski definition) is 3. The van der Waals surface area contributed by atoms with Crippen molar-refractivity contribution in [1.82, 2.24) is 0 Å². The molecule has 4 fully saturated rings. The Morgan fingerprint density at radius 3 is 2.50 bits per heavy atom. The predicted molar refractivity (Wildman–Crippen MR) is 101 cm³/mol. The number of carbonyl (C=O) groups excluding carboxylic acids is 1. The van der Waals surface area contributed by atoms with E-state index in [1.165, 1.54) is 6.92 Å². The maximum Gasteiger partial charge on any atom is 0.313 e. The Morgan fingerprint density at radius 2 is 1.86 bits per heavy atom. The van der Waals surface area contributed by atoms with Crippen LogP contribution in [0.3, 0.4) is 0 Å². The second kappa shape index (κ2) is 6.43. The predicted octanol–water partition coefficient (Wildman–Crippen LogP) is 2.75. The van der Waals surface area contributed by atoms with Gasteiger partial charge in [0.15, 0.2) is 0 Å². The van der Waals surface area contributed by atoms with E-state index in [0.717, 1.165) is 44.9 Å². The van der Waals surface area contributed by atoms with Crippen molar-refractivity contribution in [1.29, 1.82) is 0 Å². The third kappa shape index (κ3) is 2.59. The van der Waals surface area contributed by atoms with Crippen molar-refractivity contribution in [2.75, 3.05) is 13.2 Å². The van der Waals surface area contributed by atoms with Crippen molar-refractivity contribution in [3.8, 4) is 0 Å². The lowest BCUT2D eigenvalue weighted by atomic mass is 9.40. The van der Waals surface area contributed by atoms with Crippen molar-refractivity contribution < 1.29 is 29.6 Å². The van der Waals surface area contributed by atoms with E-state index in [1.54, 1.807) is 0 Å². The van der Waals surface area contributed by atoms with Crippen LogP contribution in [0, 0.1) is 34.0 Å². The van der Waals surface area contributed by atoms with Crippen LogP contribution in [-0.4, -0.2) is 46.1 Å². The molecule has 0 heterocycles. The molecule has 7 atom stereocenters. The van der Waals surface area contributed by atoms with Crippen LogP contribution in [0.25, 0.3) is 0 Å². The van der Waals surface area contributed by atoms with Gasteiger partial charge in [-0.1, -0.05) is 13.3 Å². The van der Waals surface area contributed by atoms with E-state index in [1.807, 2.05) is 0 Å². The van der Waals surface area contributed by atoms with Gasteiger partial charge in [-0.05, 0) is 80.0 Å². The molecule has 2 bridgehead atoms. The molecule has 4 rings (SSSR count). The molecule has 4 saturated carbocycles. The van der Waals surface area contributed by atoms with Crippen LogP contribution in [0.15, 0.2) is 0 Å². The molecule has 4 aliphatic carbocycles. The number of fused-ring (bicyclic) bond motifs is 3. The van der Waals surface area contributed by atoms with E-state index in [4.69, 9.17) is 4.74 Å². The number of esters is 1. The molecule has 0 aliphatic heterocycles. The lowest BCUT2D eigenvalue weighted by Gasteiger charge is -2.63. The fourth-order valence-corrected chi connectivity index (χ4v) is 8.34. The highest BCUT2D eigenvalue weighted by atomic mass is 16.5. The summed E-state index contributed by atoms with van der Waals surface area (Å²) in [5.74, 6) is -0.785. The van der Waals surface area contributed by atoms with E-state index in [9.17, 15) is 24.9 Å². The van der Waals surface area contributed by atoms with Crippen LogP contribution >= 0.6 is 0 Å². The average molecular weight is 395 g/mol. The van der Waals surface area contributed by atoms with Gasteiger partial charge in [0.1, 0.15) is 12.0 Å². The monoisotopic (exact) mass is 394 g/mol. The van der Waals surface area contributed by atoms with E-state index < -0.39 is 23.0 Å². The van der Waals surface area contributed by atoms with Crippen LogP contribution < -0.4 is 0 Å². The normalized spacial score (nSPS) is 49.8. The topological polar surface area (TPSA) is 104 Å². The molecule has 0 unspecified atom stereocenters. The second-order valence-electron chi connectivity index (χ2n) is 10.5. The first-order valence-electron chi connectivity index (χ1n) is 10.8. The number of rotatable bonds is 4. The van der Waals surface area contributed by atoms with Gasteiger partial charge < -0.3 is 20.1 Å². The van der Waals surface area contributed by atoms with E-state index in [0.29, 0.717) is 18.8 Å². The van der Waals surface area contributed by atoms with Crippen LogP contribution in [0.4, 0.5) is 0 Å². The summed E-state index contributed by atoms with van der Waals surface area (Å²) in [7, 11) is 0. The Labute approximate surface area is 166 Å². The van der Waals surface area contributed by atoms with Crippen LogP contribution in [0.1, 0.15) is 71.6 Å². The minimum atomic E-state index is -1.01. The third-order valence-electron chi connectivity index (χ3n) is 9.38. The molecule has 0 saturated heterocycles. The Kier molecular flexibility index (Phi) is 4.63.